The van der Waals surface area contributed by atoms with E-state index in [0.29, 0.717) is 6.54 Å². The average Bonchev–Trinajstić information content (AvgIpc) is 3.10. The molecule has 0 amide bonds. The number of rotatable bonds is 4. The maximum atomic E-state index is 4.74. The van der Waals surface area contributed by atoms with E-state index in [-0.39, 0.29) is 0 Å². The van der Waals surface area contributed by atoms with Gasteiger partial charge in [-0.25, -0.2) is 9.97 Å². The first kappa shape index (κ1) is 13.6. The fourth-order valence-electron chi connectivity index (χ4n) is 2.65. The number of hydrogen-bond donors (Lipinski definition) is 1. The van der Waals surface area contributed by atoms with Crippen LogP contribution in [0.3, 0.4) is 0 Å². The highest BCUT2D eigenvalue weighted by Crippen LogP contribution is 2.29. The topological polar surface area (TPSA) is 50.2 Å². The number of fused-ring (bicyclic) bond motifs is 1. The summed E-state index contributed by atoms with van der Waals surface area (Å²) in [4.78, 5) is 13.9. The Balaban J connectivity index is 1.68. The quantitative estimate of drug-likeness (QED) is 0.792. The number of anilines is 1. The molecule has 23 heavy (non-hydrogen) atoms. The SMILES string of the molecule is C1=Nc2c(nc(-c3ccccc3)nc2CNc2ccccc2)C1. The summed E-state index contributed by atoms with van der Waals surface area (Å²) >= 11 is 0. The molecule has 3 aromatic rings. The molecule has 2 heterocycles. The molecule has 4 rings (SSSR count). The monoisotopic (exact) mass is 300 g/mol. The summed E-state index contributed by atoms with van der Waals surface area (Å²) in [6.07, 6.45) is 2.68. The maximum absolute atomic E-state index is 4.74. The van der Waals surface area contributed by atoms with E-state index in [0.717, 1.165) is 40.6 Å². The van der Waals surface area contributed by atoms with Crippen molar-refractivity contribution in [1.82, 2.24) is 9.97 Å². The van der Waals surface area contributed by atoms with Crippen LogP contribution in [0.4, 0.5) is 11.4 Å². The number of nitrogens with one attached hydrogen (secondary N) is 1. The lowest BCUT2D eigenvalue weighted by atomic mass is 10.1. The second kappa shape index (κ2) is 6.01. The summed E-state index contributed by atoms with van der Waals surface area (Å²) in [5.41, 5.74) is 4.95. The molecule has 0 saturated carbocycles. The second-order valence-corrected chi connectivity index (χ2v) is 5.39. The van der Waals surface area contributed by atoms with Gasteiger partial charge in [0, 0.05) is 23.9 Å². The van der Waals surface area contributed by atoms with E-state index in [1.165, 1.54) is 0 Å². The first-order chi connectivity index (χ1) is 11.4. The average molecular weight is 300 g/mol. The molecule has 0 unspecified atom stereocenters. The summed E-state index contributed by atoms with van der Waals surface area (Å²) in [5, 5.41) is 3.41. The Kier molecular flexibility index (Phi) is 3.56. The van der Waals surface area contributed by atoms with Crippen molar-refractivity contribution in [3.63, 3.8) is 0 Å². The van der Waals surface area contributed by atoms with Crippen LogP contribution in [0.15, 0.2) is 65.7 Å². The molecule has 4 heteroatoms. The Labute approximate surface area is 135 Å². The van der Waals surface area contributed by atoms with Gasteiger partial charge in [-0.1, -0.05) is 48.5 Å². The zero-order valence-electron chi connectivity index (χ0n) is 12.6. The summed E-state index contributed by atoms with van der Waals surface area (Å²) in [6.45, 7) is 0.631. The van der Waals surface area contributed by atoms with Crippen LogP contribution in [0.1, 0.15) is 11.4 Å². The lowest BCUT2D eigenvalue weighted by Gasteiger charge is -2.11. The van der Waals surface area contributed by atoms with Crippen molar-refractivity contribution in [3.05, 3.63) is 72.1 Å². The van der Waals surface area contributed by atoms with Gasteiger partial charge in [-0.3, -0.25) is 4.99 Å². The summed E-state index contributed by atoms with van der Waals surface area (Å²) in [6, 6.07) is 20.2. The summed E-state index contributed by atoms with van der Waals surface area (Å²) in [5.74, 6) is 0.764. The molecule has 0 radical (unpaired) electrons. The third kappa shape index (κ3) is 2.83. The molecule has 1 aliphatic rings. The molecule has 4 nitrogen and oxygen atoms in total. The molecule has 1 N–H and O–H groups in total. The van der Waals surface area contributed by atoms with Crippen molar-refractivity contribution in [2.75, 3.05) is 5.32 Å². The molecule has 1 aliphatic heterocycles. The van der Waals surface area contributed by atoms with Crippen molar-refractivity contribution in [2.24, 2.45) is 4.99 Å². The van der Waals surface area contributed by atoms with Gasteiger partial charge >= 0.3 is 0 Å². The van der Waals surface area contributed by atoms with Gasteiger partial charge in [-0.15, -0.1) is 0 Å². The Morgan fingerprint density at radius 1 is 0.870 bits per heavy atom. The standard InChI is InChI=1S/C19H16N4/c1-3-7-14(8-4-1)19-22-16-11-12-20-18(16)17(23-19)13-21-15-9-5-2-6-10-15/h1-10,12,21H,11,13H2. The molecule has 1 aromatic heterocycles. The summed E-state index contributed by atoms with van der Waals surface area (Å²) in [7, 11) is 0. The van der Waals surface area contributed by atoms with Crippen LogP contribution in [0.2, 0.25) is 0 Å². The molecule has 0 atom stereocenters. The van der Waals surface area contributed by atoms with E-state index >= 15 is 0 Å². The Morgan fingerprint density at radius 3 is 2.39 bits per heavy atom. The number of nitrogens with zero attached hydrogens (tertiary/aromatic N) is 3. The van der Waals surface area contributed by atoms with Crippen molar-refractivity contribution >= 4 is 17.6 Å². The lowest BCUT2D eigenvalue weighted by molar-refractivity contribution is 0.991. The number of aliphatic imine (C=N–C) groups is 1. The largest absolute Gasteiger partial charge is 0.379 e. The molecule has 0 aliphatic carbocycles. The predicted octanol–water partition coefficient (Wildman–Crippen LogP) is 4.01. The van der Waals surface area contributed by atoms with Crippen molar-refractivity contribution in [1.29, 1.82) is 0 Å². The maximum Gasteiger partial charge on any atom is 0.159 e. The van der Waals surface area contributed by atoms with Gasteiger partial charge in [0.15, 0.2) is 5.82 Å². The van der Waals surface area contributed by atoms with Crippen LogP contribution in [0.25, 0.3) is 11.4 Å². The van der Waals surface area contributed by atoms with Crippen molar-refractivity contribution in [3.8, 4) is 11.4 Å². The highest BCUT2D eigenvalue weighted by Gasteiger charge is 2.17. The van der Waals surface area contributed by atoms with E-state index in [9.17, 15) is 0 Å². The van der Waals surface area contributed by atoms with Crippen molar-refractivity contribution in [2.45, 2.75) is 13.0 Å². The van der Waals surface area contributed by atoms with Gasteiger partial charge in [0.1, 0.15) is 5.69 Å². The van der Waals surface area contributed by atoms with Crippen molar-refractivity contribution < 1.29 is 0 Å². The van der Waals surface area contributed by atoms with Crippen LogP contribution < -0.4 is 5.32 Å². The van der Waals surface area contributed by atoms with Crippen LogP contribution in [0.5, 0.6) is 0 Å². The molecule has 0 fully saturated rings. The molecular formula is C19H16N4. The molecule has 0 spiro atoms. The van der Waals surface area contributed by atoms with Crippen LogP contribution >= 0.6 is 0 Å². The normalized spacial score (nSPS) is 12.2. The highest BCUT2D eigenvalue weighted by atomic mass is 15.0. The minimum Gasteiger partial charge on any atom is -0.379 e. The van der Waals surface area contributed by atoms with E-state index in [1.807, 2.05) is 66.9 Å². The van der Waals surface area contributed by atoms with Crippen LogP contribution in [-0.2, 0) is 13.0 Å². The van der Waals surface area contributed by atoms with Gasteiger partial charge in [0.2, 0.25) is 0 Å². The fraction of sp³-hybridized carbons (Fsp3) is 0.105. The number of benzene rings is 2. The Hall–Kier alpha value is -3.01. The van der Waals surface area contributed by atoms with Gasteiger partial charge in [0.25, 0.3) is 0 Å². The zero-order valence-corrected chi connectivity index (χ0v) is 12.6. The lowest BCUT2D eigenvalue weighted by Crippen LogP contribution is -2.05. The van der Waals surface area contributed by atoms with Gasteiger partial charge in [-0.05, 0) is 12.1 Å². The summed E-state index contributed by atoms with van der Waals surface area (Å²) < 4.78 is 0. The molecular weight excluding hydrogens is 284 g/mol. The first-order valence-electron chi connectivity index (χ1n) is 7.67. The second-order valence-electron chi connectivity index (χ2n) is 5.39. The van der Waals surface area contributed by atoms with Crippen LogP contribution in [0, 0.1) is 0 Å². The van der Waals surface area contributed by atoms with E-state index in [1.54, 1.807) is 0 Å². The number of para-hydroxylation sites is 1. The minimum absolute atomic E-state index is 0.631. The van der Waals surface area contributed by atoms with Gasteiger partial charge in [0.05, 0.1) is 17.9 Å². The van der Waals surface area contributed by atoms with E-state index in [2.05, 4.69) is 15.3 Å². The number of aromatic nitrogens is 2. The van der Waals surface area contributed by atoms with Gasteiger partial charge < -0.3 is 5.32 Å². The first-order valence-corrected chi connectivity index (χ1v) is 7.67. The van der Waals surface area contributed by atoms with Crippen LogP contribution in [-0.4, -0.2) is 16.2 Å². The smallest absolute Gasteiger partial charge is 0.159 e. The minimum atomic E-state index is 0.631. The third-order valence-electron chi connectivity index (χ3n) is 3.80. The predicted molar refractivity (Wildman–Crippen MR) is 93.1 cm³/mol. The Morgan fingerprint density at radius 2 is 1.61 bits per heavy atom. The molecule has 0 bridgehead atoms. The highest BCUT2D eigenvalue weighted by molar-refractivity contribution is 5.76. The van der Waals surface area contributed by atoms with E-state index in [4.69, 9.17) is 4.98 Å². The zero-order chi connectivity index (χ0) is 15.5. The molecule has 0 saturated heterocycles. The fourth-order valence-corrected chi connectivity index (χ4v) is 2.65. The molecule has 2 aromatic carbocycles. The number of hydrogen-bond acceptors (Lipinski definition) is 4. The molecule has 112 valence electrons. The van der Waals surface area contributed by atoms with E-state index < -0.39 is 0 Å². The third-order valence-corrected chi connectivity index (χ3v) is 3.80. The van der Waals surface area contributed by atoms with Gasteiger partial charge in [-0.2, -0.15) is 0 Å². The Bertz CT molecular complexity index is 842.